The highest BCUT2D eigenvalue weighted by molar-refractivity contribution is 9.10. The molecular weight excluding hydrogens is 201 g/mol. The van der Waals surface area contributed by atoms with Gasteiger partial charge < -0.3 is 5.73 Å². The molecule has 1 rings (SSSR count). The van der Waals surface area contributed by atoms with E-state index in [-0.39, 0.29) is 10.4 Å². The largest absolute Gasteiger partial charge is 0.368 e. The molecular formula is C5H5BrFN3. The summed E-state index contributed by atoms with van der Waals surface area (Å²) in [7, 11) is 0. The van der Waals surface area contributed by atoms with Crippen molar-refractivity contribution >= 4 is 21.9 Å². The van der Waals surface area contributed by atoms with Gasteiger partial charge in [0.15, 0.2) is 0 Å². The van der Waals surface area contributed by atoms with Gasteiger partial charge in [0.05, 0.1) is 10.2 Å². The van der Waals surface area contributed by atoms with Crippen molar-refractivity contribution in [2.45, 2.75) is 6.92 Å². The summed E-state index contributed by atoms with van der Waals surface area (Å²) in [6.07, 6.45) is 0. The Morgan fingerprint density at radius 3 is 2.60 bits per heavy atom. The van der Waals surface area contributed by atoms with Crippen molar-refractivity contribution in [2.24, 2.45) is 0 Å². The molecule has 5 heteroatoms. The molecule has 0 aliphatic heterocycles. The van der Waals surface area contributed by atoms with Crippen molar-refractivity contribution in [1.82, 2.24) is 9.97 Å². The zero-order chi connectivity index (χ0) is 7.72. The minimum Gasteiger partial charge on any atom is -0.368 e. The average Bonchev–Trinajstić information content (AvgIpc) is 1.82. The van der Waals surface area contributed by atoms with Crippen molar-refractivity contribution in [2.75, 3.05) is 5.73 Å². The SMILES string of the molecule is Cc1nc(N)nc(F)c1Br. The minimum atomic E-state index is -0.620. The van der Waals surface area contributed by atoms with Crippen molar-refractivity contribution in [1.29, 1.82) is 0 Å². The molecule has 0 aliphatic carbocycles. The summed E-state index contributed by atoms with van der Waals surface area (Å²) in [4.78, 5) is 7.00. The van der Waals surface area contributed by atoms with Gasteiger partial charge in [-0.15, -0.1) is 0 Å². The van der Waals surface area contributed by atoms with Crippen molar-refractivity contribution < 1.29 is 4.39 Å². The average molecular weight is 206 g/mol. The lowest BCUT2D eigenvalue weighted by Crippen LogP contribution is -2.00. The second kappa shape index (κ2) is 2.49. The van der Waals surface area contributed by atoms with Gasteiger partial charge in [-0.05, 0) is 22.9 Å². The molecule has 0 aromatic carbocycles. The van der Waals surface area contributed by atoms with Gasteiger partial charge in [-0.3, -0.25) is 0 Å². The number of hydrogen-bond acceptors (Lipinski definition) is 3. The fraction of sp³-hybridized carbons (Fsp3) is 0.200. The van der Waals surface area contributed by atoms with E-state index in [9.17, 15) is 4.39 Å². The van der Waals surface area contributed by atoms with Gasteiger partial charge in [0.2, 0.25) is 11.9 Å². The van der Waals surface area contributed by atoms with E-state index in [1.165, 1.54) is 0 Å². The minimum absolute atomic E-state index is 0.0433. The van der Waals surface area contributed by atoms with Crippen molar-refractivity contribution in [3.8, 4) is 0 Å². The number of halogens is 2. The summed E-state index contributed by atoms with van der Waals surface area (Å²) < 4.78 is 12.8. The van der Waals surface area contributed by atoms with Crippen LogP contribution < -0.4 is 5.73 Å². The third-order valence-electron chi connectivity index (χ3n) is 0.994. The monoisotopic (exact) mass is 205 g/mol. The highest BCUT2D eigenvalue weighted by Gasteiger charge is 2.05. The number of nitrogen functional groups attached to an aromatic ring is 1. The Bertz CT molecular complexity index is 240. The zero-order valence-corrected chi connectivity index (χ0v) is 6.81. The lowest BCUT2D eigenvalue weighted by atomic mass is 10.4. The zero-order valence-electron chi connectivity index (χ0n) is 5.23. The number of nitrogens with zero attached hydrogens (tertiary/aromatic N) is 2. The molecule has 54 valence electrons. The second-order valence-corrected chi connectivity index (χ2v) is 2.57. The quantitative estimate of drug-likeness (QED) is 0.650. The molecule has 0 saturated heterocycles. The maximum Gasteiger partial charge on any atom is 0.232 e. The first-order valence-electron chi connectivity index (χ1n) is 2.56. The first-order chi connectivity index (χ1) is 4.61. The number of anilines is 1. The molecule has 0 spiro atoms. The predicted molar refractivity (Wildman–Crippen MR) is 38.8 cm³/mol. The summed E-state index contributed by atoms with van der Waals surface area (Å²) in [6.45, 7) is 1.64. The first kappa shape index (κ1) is 7.40. The molecule has 0 aliphatic rings. The number of aryl methyl sites for hydroxylation is 1. The van der Waals surface area contributed by atoms with Crippen LogP contribution in [0, 0.1) is 12.9 Å². The number of nitrogens with two attached hydrogens (primary N) is 1. The van der Waals surface area contributed by atoms with Gasteiger partial charge >= 0.3 is 0 Å². The smallest absolute Gasteiger partial charge is 0.232 e. The van der Waals surface area contributed by atoms with Crippen molar-refractivity contribution in [3.05, 3.63) is 16.1 Å². The van der Waals surface area contributed by atoms with Crippen LogP contribution in [0.1, 0.15) is 5.69 Å². The number of aromatic nitrogens is 2. The standard InChI is InChI=1S/C5H5BrFN3/c1-2-3(6)4(7)10-5(8)9-2/h1H3,(H2,8,9,10). The fourth-order valence-corrected chi connectivity index (χ4v) is 0.722. The molecule has 0 saturated carbocycles. The highest BCUT2D eigenvalue weighted by atomic mass is 79.9. The lowest BCUT2D eigenvalue weighted by molar-refractivity contribution is 0.572. The van der Waals surface area contributed by atoms with Crippen LogP contribution in [0.2, 0.25) is 0 Å². The van der Waals surface area contributed by atoms with Crippen LogP contribution in [0.4, 0.5) is 10.3 Å². The summed E-state index contributed by atoms with van der Waals surface area (Å²) in [5.74, 6) is -0.664. The van der Waals surface area contributed by atoms with E-state index in [1.807, 2.05) is 0 Å². The maximum absolute atomic E-state index is 12.6. The summed E-state index contributed by atoms with van der Waals surface area (Å²) in [5.41, 5.74) is 5.65. The summed E-state index contributed by atoms with van der Waals surface area (Å²) >= 11 is 2.96. The molecule has 1 aromatic rings. The van der Waals surface area contributed by atoms with E-state index in [1.54, 1.807) is 6.92 Å². The van der Waals surface area contributed by atoms with E-state index >= 15 is 0 Å². The predicted octanol–water partition coefficient (Wildman–Crippen LogP) is 1.27. The van der Waals surface area contributed by atoms with Crippen LogP contribution in [-0.4, -0.2) is 9.97 Å². The highest BCUT2D eigenvalue weighted by Crippen LogP contribution is 2.16. The molecule has 1 heterocycles. The Kier molecular flexibility index (Phi) is 1.85. The Morgan fingerprint density at radius 1 is 1.50 bits per heavy atom. The fourth-order valence-electron chi connectivity index (χ4n) is 0.545. The molecule has 1 aromatic heterocycles. The van der Waals surface area contributed by atoms with E-state index in [4.69, 9.17) is 5.73 Å². The van der Waals surface area contributed by atoms with Crippen molar-refractivity contribution in [3.63, 3.8) is 0 Å². The third-order valence-corrected chi connectivity index (χ3v) is 1.89. The Morgan fingerprint density at radius 2 is 2.10 bits per heavy atom. The molecule has 0 bridgehead atoms. The number of rotatable bonds is 0. The van der Waals surface area contributed by atoms with Gasteiger partial charge in [-0.1, -0.05) is 0 Å². The van der Waals surface area contributed by atoms with E-state index < -0.39 is 5.95 Å². The van der Waals surface area contributed by atoms with Gasteiger partial charge in [-0.25, -0.2) is 4.98 Å². The van der Waals surface area contributed by atoms with E-state index in [0.29, 0.717) is 5.69 Å². The summed E-state index contributed by atoms with van der Waals surface area (Å²) in [6, 6.07) is 0. The van der Waals surface area contributed by atoms with Gasteiger partial charge in [0, 0.05) is 0 Å². The maximum atomic E-state index is 12.6. The molecule has 0 atom stereocenters. The van der Waals surface area contributed by atoms with Crippen LogP contribution >= 0.6 is 15.9 Å². The number of hydrogen-bond donors (Lipinski definition) is 1. The van der Waals surface area contributed by atoms with Gasteiger partial charge in [0.1, 0.15) is 0 Å². The topological polar surface area (TPSA) is 51.8 Å². The van der Waals surface area contributed by atoms with Gasteiger partial charge in [-0.2, -0.15) is 9.37 Å². The normalized spacial score (nSPS) is 9.90. The molecule has 0 radical (unpaired) electrons. The third kappa shape index (κ3) is 1.23. The van der Waals surface area contributed by atoms with Crippen LogP contribution in [0.3, 0.4) is 0 Å². The second-order valence-electron chi connectivity index (χ2n) is 1.77. The Balaban J connectivity index is 3.31. The summed E-state index contributed by atoms with van der Waals surface area (Å²) in [5, 5.41) is 0. The molecule has 0 fully saturated rings. The Hall–Kier alpha value is -0.710. The Labute approximate surface area is 65.6 Å². The molecule has 10 heavy (non-hydrogen) atoms. The van der Waals surface area contributed by atoms with E-state index in [2.05, 4.69) is 25.9 Å². The van der Waals surface area contributed by atoms with Gasteiger partial charge in [0.25, 0.3) is 0 Å². The molecule has 0 unspecified atom stereocenters. The van der Waals surface area contributed by atoms with Crippen LogP contribution in [-0.2, 0) is 0 Å². The van der Waals surface area contributed by atoms with Crippen LogP contribution in [0.5, 0.6) is 0 Å². The molecule has 3 nitrogen and oxygen atoms in total. The van der Waals surface area contributed by atoms with E-state index in [0.717, 1.165) is 0 Å². The molecule has 2 N–H and O–H groups in total. The molecule has 0 amide bonds. The van der Waals surface area contributed by atoms with Crippen LogP contribution in [0.15, 0.2) is 4.47 Å². The first-order valence-corrected chi connectivity index (χ1v) is 3.35. The van der Waals surface area contributed by atoms with Crippen LogP contribution in [0.25, 0.3) is 0 Å². The lowest BCUT2D eigenvalue weighted by Gasteiger charge is -1.97.